The van der Waals surface area contributed by atoms with Crippen LogP contribution < -0.4 is 0 Å². The van der Waals surface area contributed by atoms with Crippen molar-refractivity contribution in [3.63, 3.8) is 0 Å². The van der Waals surface area contributed by atoms with Crippen molar-refractivity contribution < 1.29 is 9.90 Å². The molecule has 0 aliphatic rings. The molecule has 0 aliphatic heterocycles. The average Bonchev–Trinajstić information content (AvgIpc) is 2.38. The Hall–Kier alpha value is -2.31. The molecule has 18 heavy (non-hydrogen) atoms. The molecule has 0 spiro atoms. The Morgan fingerprint density at radius 3 is 2.61 bits per heavy atom. The number of carbonyl (C=O) groups is 1. The molecule has 0 aromatic heterocycles. The van der Waals surface area contributed by atoms with E-state index in [0.29, 0.717) is 16.1 Å². The Morgan fingerprint density at radius 2 is 1.94 bits per heavy atom. The lowest BCUT2D eigenvalue weighted by atomic mass is 10.0. The molecular weight excluding hydrogens is 250 g/mol. The molecule has 0 heterocycles. The van der Waals surface area contributed by atoms with E-state index in [-0.39, 0.29) is 5.56 Å². The van der Waals surface area contributed by atoms with E-state index in [2.05, 4.69) is 0 Å². The van der Waals surface area contributed by atoms with Gasteiger partial charge >= 0.3 is 5.97 Å². The third-order valence-electron chi connectivity index (χ3n) is 2.47. The van der Waals surface area contributed by atoms with Crippen LogP contribution >= 0.6 is 11.6 Å². The summed E-state index contributed by atoms with van der Waals surface area (Å²) in [4.78, 5) is 10.9. The van der Waals surface area contributed by atoms with Crippen LogP contribution in [0.4, 0.5) is 0 Å². The summed E-state index contributed by atoms with van der Waals surface area (Å²) in [6.07, 6.45) is 0. The summed E-state index contributed by atoms with van der Waals surface area (Å²) in [6.45, 7) is 0. The van der Waals surface area contributed by atoms with Gasteiger partial charge in [-0.2, -0.15) is 5.26 Å². The Balaban J connectivity index is 2.57. The molecule has 2 aromatic rings. The van der Waals surface area contributed by atoms with Gasteiger partial charge in [-0.1, -0.05) is 23.7 Å². The van der Waals surface area contributed by atoms with Gasteiger partial charge in [0.2, 0.25) is 0 Å². The number of halogens is 1. The molecule has 4 heteroatoms. The highest BCUT2D eigenvalue weighted by molar-refractivity contribution is 6.31. The van der Waals surface area contributed by atoms with Crippen LogP contribution in [0, 0.1) is 11.3 Å². The van der Waals surface area contributed by atoms with Gasteiger partial charge in [-0.15, -0.1) is 0 Å². The predicted molar refractivity (Wildman–Crippen MR) is 68.6 cm³/mol. The first-order valence-electron chi connectivity index (χ1n) is 5.14. The fraction of sp³-hybridized carbons (Fsp3) is 0. The van der Waals surface area contributed by atoms with Crippen LogP contribution in [0.5, 0.6) is 0 Å². The first kappa shape index (κ1) is 12.2. The topological polar surface area (TPSA) is 61.1 Å². The minimum atomic E-state index is -1.03. The number of benzene rings is 2. The molecule has 0 unspecified atom stereocenters. The van der Waals surface area contributed by atoms with Crippen LogP contribution in [-0.2, 0) is 0 Å². The first-order chi connectivity index (χ1) is 8.60. The Kier molecular flexibility index (Phi) is 3.31. The lowest BCUT2D eigenvalue weighted by Crippen LogP contribution is -1.96. The van der Waals surface area contributed by atoms with Crippen LogP contribution in [0.15, 0.2) is 42.5 Å². The van der Waals surface area contributed by atoms with Gasteiger partial charge in [0.1, 0.15) is 0 Å². The molecule has 0 saturated carbocycles. The van der Waals surface area contributed by atoms with E-state index in [1.54, 1.807) is 30.3 Å². The molecule has 3 nitrogen and oxygen atoms in total. The quantitative estimate of drug-likeness (QED) is 0.894. The average molecular weight is 258 g/mol. The molecule has 0 radical (unpaired) electrons. The maximum absolute atomic E-state index is 10.9. The maximum Gasteiger partial charge on any atom is 0.335 e. The minimum absolute atomic E-state index is 0.125. The van der Waals surface area contributed by atoms with Gasteiger partial charge in [-0.25, -0.2) is 4.79 Å². The third-order valence-corrected chi connectivity index (χ3v) is 2.69. The van der Waals surface area contributed by atoms with Crippen molar-refractivity contribution in [1.29, 1.82) is 5.26 Å². The molecule has 0 saturated heterocycles. The van der Waals surface area contributed by atoms with E-state index in [0.717, 1.165) is 5.56 Å². The number of nitrogens with zero attached hydrogens (tertiary/aromatic N) is 1. The van der Waals surface area contributed by atoms with Crippen molar-refractivity contribution in [2.45, 2.75) is 0 Å². The molecular formula is C14H8ClNO2. The van der Waals surface area contributed by atoms with Crippen LogP contribution in [0.3, 0.4) is 0 Å². The van der Waals surface area contributed by atoms with Crippen LogP contribution in [0.2, 0.25) is 5.02 Å². The summed E-state index contributed by atoms with van der Waals surface area (Å²) in [6, 6.07) is 13.6. The van der Waals surface area contributed by atoms with Gasteiger partial charge in [0, 0.05) is 5.02 Å². The van der Waals surface area contributed by atoms with Gasteiger partial charge in [-0.05, 0) is 41.5 Å². The predicted octanol–water partition coefficient (Wildman–Crippen LogP) is 3.58. The van der Waals surface area contributed by atoms with Gasteiger partial charge < -0.3 is 5.11 Å². The van der Waals surface area contributed by atoms with Crippen molar-refractivity contribution in [2.75, 3.05) is 0 Å². The Bertz CT molecular complexity index is 659. The molecule has 0 fully saturated rings. The van der Waals surface area contributed by atoms with E-state index >= 15 is 0 Å². The third kappa shape index (κ3) is 2.50. The van der Waals surface area contributed by atoms with Gasteiger partial charge in [0.15, 0.2) is 0 Å². The molecule has 88 valence electrons. The molecule has 2 aromatic carbocycles. The Labute approximate surface area is 109 Å². The van der Waals surface area contributed by atoms with Crippen molar-refractivity contribution in [2.24, 2.45) is 0 Å². The van der Waals surface area contributed by atoms with Crippen molar-refractivity contribution in [3.8, 4) is 17.2 Å². The number of aromatic carboxylic acids is 1. The standard InChI is InChI=1S/C14H8ClNO2/c15-13-6-11(5-12(7-13)14(17)18)10-3-1-2-9(4-10)8-16/h1-7H,(H,17,18). The fourth-order valence-electron chi connectivity index (χ4n) is 1.65. The lowest BCUT2D eigenvalue weighted by molar-refractivity contribution is 0.0697. The molecule has 0 aliphatic carbocycles. The second kappa shape index (κ2) is 4.91. The highest BCUT2D eigenvalue weighted by Crippen LogP contribution is 2.25. The smallest absolute Gasteiger partial charge is 0.335 e. The Morgan fingerprint density at radius 1 is 1.17 bits per heavy atom. The van der Waals surface area contributed by atoms with E-state index in [1.807, 2.05) is 6.07 Å². The molecule has 0 atom stereocenters. The van der Waals surface area contributed by atoms with Crippen LogP contribution in [0.1, 0.15) is 15.9 Å². The minimum Gasteiger partial charge on any atom is -0.478 e. The zero-order valence-electron chi connectivity index (χ0n) is 9.22. The summed E-state index contributed by atoms with van der Waals surface area (Å²) in [5.41, 5.74) is 2.08. The van der Waals surface area contributed by atoms with E-state index < -0.39 is 5.97 Å². The largest absolute Gasteiger partial charge is 0.478 e. The van der Waals surface area contributed by atoms with Gasteiger partial charge in [0.25, 0.3) is 0 Å². The van der Waals surface area contributed by atoms with Crippen LogP contribution in [-0.4, -0.2) is 11.1 Å². The molecule has 0 bridgehead atoms. The number of carboxylic acids is 1. The number of hydrogen-bond donors (Lipinski definition) is 1. The highest BCUT2D eigenvalue weighted by atomic mass is 35.5. The van der Waals surface area contributed by atoms with Crippen molar-refractivity contribution in [3.05, 3.63) is 58.6 Å². The molecule has 2 rings (SSSR count). The molecule has 0 amide bonds. The maximum atomic E-state index is 10.9. The lowest BCUT2D eigenvalue weighted by Gasteiger charge is -2.05. The molecule has 1 N–H and O–H groups in total. The monoisotopic (exact) mass is 257 g/mol. The van der Waals surface area contributed by atoms with E-state index in [9.17, 15) is 4.79 Å². The van der Waals surface area contributed by atoms with Gasteiger partial charge in [0.05, 0.1) is 17.2 Å². The number of hydrogen-bond acceptors (Lipinski definition) is 2. The van der Waals surface area contributed by atoms with E-state index in [1.165, 1.54) is 12.1 Å². The summed E-state index contributed by atoms with van der Waals surface area (Å²) in [5.74, 6) is -1.03. The summed E-state index contributed by atoms with van der Waals surface area (Å²) < 4.78 is 0. The second-order valence-corrected chi connectivity index (χ2v) is 4.16. The van der Waals surface area contributed by atoms with Crippen molar-refractivity contribution in [1.82, 2.24) is 0 Å². The zero-order valence-corrected chi connectivity index (χ0v) is 9.98. The second-order valence-electron chi connectivity index (χ2n) is 3.73. The summed E-state index contributed by atoms with van der Waals surface area (Å²) >= 11 is 5.89. The number of rotatable bonds is 2. The summed E-state index contributed by atoms with van der Waals surface area (Å²) in [5, 5.41) is 18.2. The fourth-order valence-corrected chi connectivity index (χ4v) is 1.88. The first-order valence-corrected chi connectivity index (χ1v) is 5.52. The zero-order chi connectivity index (χ0) is 13.1. The number of carboxylic acid groups (broad SMARTS) is 1. The summed E-state index contributed by atoms with van der Waals surface area (Å²) in [7, 11) is 0. The number of nitriles is 1. The van der Waals surface area contributed by atoms with Crippen LogP contribution in [0.25, 0.3) is 11.1 Å². The SMILES string of the molecule is N#Cc1cccc(-c2cc(Cl)cc(C(=O)O)c2)c1. The normalized spacial score (nSPS) is 9.78. The van der Waals surface area contributed by atoms with Gasteiger partial charge in [-0.3, -0.25) is 0 Å². The highest BCUT2D eigenvalue weighted by Gasteiger charge is 2.08. The van der Waals surface area contributed by atoms with E-state index in [4.69, 9.17) is 22.0 Å². The van der Waals surface area contributed by atoms with Crippen molar-refractivity contribution >= 4 is 17.6 Å².